The molecule has 1 saturated heterocycles. The number of piperidine rings is 1. The van der Waals surface area contributed by atoms with Crippen LogP contribution in [0.2, 0.25) is 0 Å². The second kappa shape index (κ2) is 8.87. The molecule has 1 aliphatic heterocycles. The van der Waals surface area contributed by atoms with E-state index in [1.807, 2.05) is 11.8 Å². The molecule has 1 aromatic carbocycles. The van der Waals surface area contributed by atoms with Crippen LogP contribution in [0.4, 0.5) is 9.18 Å². The lowest BCUT2D eigenvalue weighted by molar-refractivity contribution is -0.136. The van der Waals surface area contributed by atoms with Crippen LogP contribution in [0.15, 0.2) is 18.2 Å². The van der Waals surface area contributed by atoms with Crippen LogP contribution in [-0.2, 0) is 11.3 Å². The molecular weight excluding hydrogens is 337 g/mol. The second-order valence-corrected chi connectivity index (χ2v) is 6.87. The van der Waals surface area contributed by atoms with E-state index in [2.05, 4.69) is 5.32 Å². The summed E-state index contributed by atoms with van der Waals surface area (Å²) >= 11 is 0. The minimum absolute atomic E-state index is 0.0607. The first kappa shape index (κ1) is 20.0. The van der Waals surface area contributed by atoms with Gasteiger partial charge in [-0.1, -0.05) is 6.07 Å². The van der Waals surface area contributed by atoms with Crippen LogP contribution < -0.4 is 10.1 Å². The lowest BCUT2D eigenvalue weighted by Crippen LogP contribution is -2.53. The van der Waals surface area contributed by atoms with Crippen LogP contribution in [0.25, 0.3) is 0 Å². The Balaban J connectivity index is 1.91. The second-order valence-electron chi connectivity index (χ2n) is 6.87. The molecule has 0 radical (unpaired) electrons. The molecule has 1 heterocycles. The lowest BCUT2D eigenvalue weighted by atomic mass is 10.0. The molecule has 7 heteroatoms. The zero-order valence-electron chi connectivity index (χ0n) is 15.9. The van der Waals surface area contributed by atoms with E-state index in [4.69, 9.17) is 4.74 Å². The van der Waals surface area contributed by atoms with E-state index in [1.165, 1.54) is 24.1 Å². The van der Waals surface area contributed by atoms with E-state index in [0.29, 0.717) is 5.56 Å². The van der Waals surface area contributed by atoms with Gasteiger partial charge in [0.15, 0.2) is 11.6 Å². The molecule has 0 aromatic heterocycles. The van der Waals surface area contributed by atoms with E-state index in [9.17, 15) is 14.0 Å². The largest absolute Gasteiger partial charge is 0.494 e. The maximum Gasteiger partial charge on any atom is 0.318 e. The molecule has 0 aliphatic carbocycles. The van der Waals surface area contributed by atoms with Gasteiger partial charge in [-0.2, -0.15) is 0 Å². The van der Waals surface area contributed by atoms with Crippen LogP contribution in [0, 0.1) is 5.82 Å². The number of urea groups is 1. The Labute approximate surface area is 154 Å². The van der Waals surface area contributed by atoms with Crippen molar-refractivity contribution in [1.29, 1.82) is 0 Å². The average molecular weight is 365 g/mol. The van der Waals surface area contributed by atoms with E-state index in [-0.39, 0.29) is 30.3 Å². The average Bonchev–Trinajstić information content (AvgIpc) is 2.61. The summed E-state index contributed by atoms with van der Waals surface area (Å²) in [5, 5.41) is 2.73. The van der Waals surface area contributed by atoms with E-state index >= 15 is 0 Å². The van der Waals surface area contributed by atoms with Gasteiger partial charge in [0, 0.05) is 26.2 Å². The van der Waals surface area contributed by atoms with Crippen molar-refractivity contribution in [2.24, 2.45) is 0 Å². The van der Waals surface area contributed by atoms with Crippen LogP contribution in [0.5, 0.6) is 5.75 Å². The van der Waals surface area contributed by atoms with Crippen molar-refractivity contribution in [1.82, 2.24) is 15.1 Å². The first-order chi connectivity index (χ1) is 12.3. The molecule has 1 fully saturated rings. The lowest BCUT2D eigenvalue weighted by Gasteiger charge is -2.35. The number of halogens is 1. The number of methoxy groups -OCH3 is 1. The summed E-state index contributed by atoms with van der Waals surface area (Å²) in [6.45, 7) is 4.70. The maximum atomic E-state index is 13.8. The Bertz CT molecular complexity index is 653. The normalized spacial score (nSPS) is 18.2. The van der Waals surface area contributed by atoms with Gasteiger partial charge in [-0.25, -0.2) is 9.18 Å². The Kier molecular flexibility index (Phi) is 6.83. The molecule has 26 heavy (non-hydrogen) atoms. The van der Waals surface area contributed by atoms with Crippen molar-refractivity contribution >= 4 is 11.9 Å². The Hall–Kier alpha value is -2.31. The zero-order valence-corrected chi connectivity index (χ0v) is 15.9. The zero-order chi connectivity index (χ0) is 19.3. The van der Waals surface area contributed by atoms with Crippen molar-refractivity contribution in [2.75, 3.05) is 20.7 Å². The first-order valence-corrected chi connectivity index (χ1v) is 8.98. The van der Waals surface area contributed by atoms with Gasteiger partial charge in [0.05, 0.1) is 7.11 Å². The molecule has 0 spiro atoms. The molecule has 0 saturated carbocycles. The van der Waals surface area contributed by atoms with Gasteiger partial charge >= 0.3 is 6.03 Å². The summed E-state index contributed by atoms with van der Waals surface area (Å²) in [4.78, 5) is 28.2. The number of carbonyl (C=O) groups excluding carboxylic acids is 2. The number of hydrogen-bond donors (Lipinski definition) is 1. The molecule has 144 valence electrons. The fourth-order valence-electron chi connectivity index (χ4n) is 3.19. The number of hydrogen-bond acceptors (Lipinski definition) is 3. The van der Waals surface area contributed by atoms with Crippen molar-refractivity contribution in [3.8, 4) is 5.75 Å². The van der Waals surface area contributed by atoms with Gasteiger partial charge in [0.25, 0.3) is 0 Å². The number of nitrogens with zero attached hydrogens (tertiary/aromatic N) is 2. The Morgan fingerprint density at radius 3 is 2.77 bits per heavy atom. The number of ether oxygens (including phenoxy) is 1. The predicted octanol–water partition coefficient (Wildman–Crippen LogP) is 2.77. The highest BCUT2D eigenvalue weighted by Crippen LogP contribution is 2.19. The van der Waals surface area contributed by atoms with Gasteiger partial charge < -0.3 is 19.9 Å². The van der Waals surface area contributed by atoms with E-state index in [1.54, 1.807) is 20.0 Å². The Morgan fingerprint density at radius 2 is 2.15 bits per heavy atom. The molecule has 2 unspecified atom stereocenters. The number of nitrogens with one attached hydrogen (secondary N) is 1. The van der Waals surface area contributed by atoms with Crippen molar-refractivity contribution in [3.05, 3.63) is 29.6 Å². The first-order valence-electron chi connectivity index (χ1n) is 8.98. The standard InChI is InChI=1S/C19H28FN3O3/c1-13-7-5-6-10-23(13)18(24)14(2)21-19(25)22(3)12-15-8-9-17(26-4)16(20)11-15/h8-9,11,13-14H,5-7,10,12H2,1-4H3,(H,21,25). The fraction of sp³-hybridized carbons (Fsp3) is 0.579. The van der Waals surface area contributed by atoms with Crippen molar-refractivity contribution in [3.63, 3.8) is 0 Å². The molecule has 1 aromatic rings. The number of amides is 3. The van der Waals surface area contributed by atoms with E-state index in [0.717, 1.165) is 25.8 Å². The maximum absolute atomic E-state index is 13.8. The highest BCUT2D eigenvalue weighted by molar-refractivity contribution is 5.87. The molecule has 6 nitrogen and oxygen atoms in total. The van der Waals surface area contributed by atoms with Crippen molar-refractivity contribution in [2.45, 2.75) is 51.7 Å². The summed E-state index contributed by atoms with van der Waals surface area (Å²) in [5.41, 5.74) is 0.643. The molecular formula is C19H28FN3O3. The third-order valence-corrected chi connectivity index (χ3v) is 4.78. The summed E-state index contributed by atoms with van der Waals surface area (Å²) in [6.07, 6.45) is 3.13. The molecule has 1 aliphatic rings. The van der Waals surface area contributed by atoms with Gasteiger partial charge in [-0.3, -0.25) is 4.79 Å². The molecule has 1 N–H and O–H groups in total. The SMILES string of the molecule is COc1ccc(CN(C)C(=O)NC(C)C(=O)N2CCCCC2C)cc1F. The van der Waals surface area contributed by atoms with E-state index < -0.39 is 11.9 Å². The molecule has 2 atom stereocenters. The topological polar surface area (TPSA) is 61.9 Å². The smallest absolute Gasteiger partial charge is 0.318 e. The predicted molar refractivity (Wildman–Crippen MR) is 97.4 cm³/mol. The quantitative estimate of drug-likeness (QED) is 0.873. The minimum atomic E-state index is -0.599. The molecule has 3 amide bonds. The summed E-state index contributed by atoms with van der Waals surface area (Å²) in [5.74, 6) is -0.369. The summed E-state index contributed by atoms with van der Waals surface area (Å²) < 4.78 is 18.7. The monoisotopic (exact) mass is 365 g/mol. The highest BCUT2D eigenvalue weighted by Gasteiger charge is 2.28. The van der Waals surface area contributed by atoms with Gasteiger partial charge in [-0.05, 0) is 50.8 Å². The molecule has 2 rings (SSSR count). The van der Waals surface area contributed by atoms with Crippen LogP contribution >= 0.6 is 0 Å². The third-order valence-electron chi connectivity index (χ3n) is 4.78. The molecule has 0 bridgehead atoms. The number of likely N-dealkylation sites (tertiary alicyclic amines) is 1. The van der Waals surface area contributed by atoms with Crippen LogP contribution in [0.1, 0.15) is 38.7 Å². The van der Waals surface area contributed by atoms with Gasteiger partial charge in [0.1, 0.15) is 6.04 Å². The third kappa shape index (κ3) is 4.86. The Morgan fingerprint density at radius 1 is 1.42 bits per heavy atom. The number of rotatable bonds is 5. The highest BCUT2D eigenvalue weighted by atomic mass is 19.1. The minimum Gasteiger partial charge on any atom is -0.494 e. The fourth-order valence-corrected chi connectivity index (χ4v) is 3.19. The van der Waals surface area contributed by atoms with Crippen LogP contribution in [-0.4, -0.2) is 54.5 Å². The summed E-state index contributed by atoms with van der Waals surface area (Å²) in [7, 11) is 3.01. The van der Waals surface area contributed by atoms with Gasteiger partial charge in [-0.15, -0.1) is 0 Å². The van der Waals surface area contributed by atoms with Crippen molar-refractivity contribution < 1.29 is 18.7 Å². The van der Waals surface area contributed by atoms with Gasteiger partial charge in [0.2, 0.25) is 5.91 Å². The number of carbonyl (C=O) groups is 2. The number of benzene rings is 1. The summed E-state index contributed by atoms with van der Waals surface area (Å²) in [6, 6.07) is 3.81. The van der Waals surface area contributed by atoms with Crippen LogP contribution in [0.3, 0.4) is 0 Å².